The standard InChI is InChI=1S/C10H15NO3/c1-6(11)4-8-5-9(7(2)14-8)10(12)13-3/h5-6H,4,11H2,1-3H3/t6-/m0/s1. The lowest BCUT2D eigenvalue weighted by atomic mass is 10.2. The zero-order valence-corrected chi connectivity index (χ0v) is 8.66. The fourth-order valence-corrected chi connectivity index (χ4v) is 1.27. The third kappa shape index (κ3) is 2.35. The van der Waals surface area contributed by atoms with Crippen LogP contribution in [-0.2, 0) is 11.2 Å². The minimum absolute atomic E-state index is 0.0195. The van der Waals surface area contributed by atoms with Gasteiger partial charge in [0.1, 0.15) is 17.1 Å². The largest absolute Gasteiger partial charge is 0.465 e. The molecule has 14 heavy (non-hydrogen) atoms. The number of hydrogen-bond acceptors (Lipinski definition) is 4. The van der Waals surface area contributed by atoms with Crippen LogP contribution in [0, 0.1) is 6.92 Å². The number of esters is 1. The molecule has 0 bridgehead atoms. The van der Waals surface area contributed by atoms with E-state index in [1.54, 1.807) is 13.0 Å². The van der Waals surface area contributed by atoms with E-state index in [2.05, 4.69) is 4.74 Å². The Bertz CT molecular complexity index is 328. The molecule has 0 aliphatic carbocycles. The molecule has 0 aliphatic rings. The lowest BCUT2D eigenvalue weighted by Gasteiger charge is -1.99. The average Bonchev–Trinajstić information content (AvgIpc) is 2.44. The second-order valence-electron chi connectivity index (χ2n) is 3.36. The van der Waals surface area contributed by atoms with Gasteiger partial charge in [-0.15, -0.1) is 0 Å². The highest BCUT2D eigenvalue weighted by Crippen LogP contribution is 2.16. The number of methoxy groups -OCH3 is 1. The van der Waals surface area contributed by atoms with Gasteiger partial charge >= 0.3 is 5.97 Å². The van der Waals surface area contributed by atoms with Crippen molar-refractivity contribution in [1.82, 2.24) is 0 Å². The van der Waals surface area contributed by atoms with E-state index in [-0.39, 0.29) is 12.0 Å². The molecule has 1 aromatic heterocycles. The summed E-state index contributed by atoms with van der Waals surface area (Å²) in [5, 5.41) is 0. The summed E-state index contributed by atoms with van der Waals surface area (Å²) in [5.41, 5.74) is 6.09. The molecule has 0 unspecified atom stereocenters. The molecule has 2 N–H and O–H groups in total. The molecule has 0 saturated carbocycles. The third-order valence-corrected chi connectivity index (χ3v) is 1.90. The molecule has 1 heterocycles. The van der Waals surface area contributed by atoms with E-state index < -0.39 is 0 Å². The second kappa shape index (κ2) is 4.28. The summed E-state index contributed by atoms with van der Waals surface area (Å²) in [6, 6.07) is 1.70. The first-order chi connectivity index (χ1) is 6.54. The summed E-state index contributed by atoms with van der Waals surface area (Å²) in [4.78, 5) is 11.2. The van der Waals surface area contributed by atoms with Crippen molar-refractivity contribution in [2.75, 3.05) is 7.11 Å². The molecule has 1 rings (SSSR count). The van der Waals surface area contributed by atoms with Crippen LogP contribution in [0.4, 0.5) is 0 Å². The SMILES string of the molecule is COC(=O)c1cc(C[C@H](C)N)oc1C. The Labute approximate surface area is 83.0 Å². The molecule has 0 radical (unpaired) electrons. The molecule has 0 amide bonds. The van der Waals surface area contributed by atoms with Gasteiger partial charge in [0.15, 0.2) is 0 Å². The predicted molar refractivity (Wildman–Crippen MR) is 52.1 cm³/mol. The Morgan fingerprint density at radius 2 is 2.36 bits per heavy atom. The van der Waals surface area contributed by atoms with Gasteiger partial charge in [-0.1, -0.05) is 0 Å². The first-order valence-electron chi connectivity index (χ1n) is 4.47. The van der Waals surface area contributed by atoms with E-state index in [9.17, 15) is 4.79 Å². The zero-order valence-electron chi connectivity index (χ0n) is 8.66. The topological polar surface area (TPSA) is 65.5 Å². The van der Waals surface area contributed by atoms with Crippen molar-refractivity contribution in [1.29, 1.82) is 0 Å². The summed E-state index contributed by atoms with van der Waals surface area (Å²) in [6.45, 7) is 3.62. The Kier molecular flexibility index (Phi) is 3.30. The molecule has 0 fully saturated rings. The fourth-order valence-electron chi connectivity index (χ4n) is 1.27. The number of carbonyl (C=O) groups is 1. The molecule has 78 valence electrons. The monoisotopic (exact) mass is 197 g/mol. The molecule has 0 aromatic carbocycles. The van der Waals surface area contributed by atoms with Crippen LogP contribution in [0.25, 0.3) is 0 Å². The highest BCUT2D eigenvalue weighted by atomic mass is 16.5. The number of ether oxygens (including phenoxy) is 1. The Balaban J connectivity index is 2.87. The van der Waals surface area contributed by atoms with E-state index in [1.807, 2.05) is 6.92 Å². The Morgan fingerprint density at radius 3 is 2.86 bits per heavy atom. The molecule has 0 aliphatic heterocycles. The lowest BCUT2D eigenvalue weighted by molar-refractivity contribution is 0.0599. The summed E-state index contributed by atoms with van der Waals surface area (Å²) in [7, 11) is 1.35. The van der Waals surface area contributed by atoms with Crippen LogP contribution in [-0.4, -0.2) is 19.1 Å². The van der Waals surface area contributed by atoms with E-state index >= 15 is 0 Å². The number of aryl methyl sites for hydroxylation is 1. The lowest BCUT2D eigenvalue weighted by Crippen LogP contribution is -2.17. The van der Waals surface area contributed by atoms with Crippen LogP contribution < -0.4 is 5.73 Å². The third-order valence-electron chi connectivity index (χ3n) is 1.90. The number of rotatable bonds is 3. The maximum atomic E-state index is 11.2. The number of carbonyl (C=O) groups excluding carboxylic acids is 1. The van der Waals surface area contributed by atoms with Gasteiger partial charge < -0.3 is 14.9 Å². The van der Waals surface area contributed by atoms with Gasteiger partial charge in [0, 0.05) is 12.5 Å². The second-order valence-corrected chi connectivity index (χ2v) is 3.36. The Morgan fingerprint density at radius 1 is 1.71 bits per heavy atom. The smallest absolute Gasteiger partial charge is 0.341 e. The molecule has 4 heteroatoms. The van der Waals surface area contributed by atoms with Crippen molar-refractivity contribution < 1.29 is 13.9 Å². The molecule has 0 spiro atoms. The van der Waals surface area contributed by atoms with Crippen LogP contribution in [0.2, 0.25) is 0 Å². The minimum atomic E-state index is -0.373. The van der Waals surface area contributed by atoms with Crippen molar-refractivity contribution in [2.24, 2.45) is 5.73 Å². The summed E-state index contributed by atoms with van der Waals surface area (Å²) in [5.74, 6) is 0.924. The quantitative estimate of drug-likeness (QED) is 0.741. The highest BCUT2D eigenvalue weighted by molar-refractivity contribution is 5.90. The highest BCUT2D eigenvalue weighted by Gasteiger charge is 2.15. The normalized spacial score (nSPS) is 12.6. The van der Waals surface area contributed by atoms with Crippen molar-refractivity contribution >= 4 is 5.97 Å². The van der Waals surface area contributed by atoms with Gasteiger partial charge in [-0.25, -0.2) is 4.79 Å². The summed E-state index contributed by atoms with van der Waals surface area (Å²) < 4.78 is 9.97. The summed E-state index contributed by atoms with van der Waals surface area (Å²) in [6.07, 6.45) is 0.623. The van der Waals surface area contributed by atoms with Gasteiger partial charge in [-0.05, 0) is 19.9 Å². The van der Waals surface area contributed by atoms with Crippen LogP contribution in [0.1, 0.15) is 28.8 Å². The van der Waals surface area contributed by atoms with Gasteiger partial charge in [0.05, 0.1) is 7.11 Å². The van der Waals surface area contributed by atoms with Gasteiger partial charge in [0.25, 0.3) is 0 Å². The molecular weight excluding hydrogens is 182 g/mol. The first kappa shape index (κ1) is 10.8. The fraction of sp³-hybridized carbons (Fsp3) is 0.500. The van der Waals surface area contributed by atoms with Crippen molar-refractivity contribution in [2.45, 2.75) is 26.3 Å². The average molecular weight is 197 g/mol. The van der Waals surface area contributed by atoms with Crippen LogP contribution in [0.3, 0.4) is 0 Å². The van der Waals surface area contributed by atoms with Crippen LogP contribution >= 0.6 is 0 Å². The number of furan rings is 1. The van der Waals surface area contributed by atoms with Gasteiger partial charge in [-0.3, -0.25) is 0 Å². The number of hydrogen-bond donors (Lipinski definition) is 1. The van der Waals surface area contributed by atoms with Crippen molar-refractivity contribution in [3.05, 3.63) is 23.2 Å². The maximum absolute atomic E-state index is 11.2. The van der Waals surface area contributed by atoms with E-state index in [0.717, 1.165) is 5.76 Å². The molecular formula is C10H15NO3. The van der Waals surface area contributed by atoms with Crippen molar-refractivity contribution in [3.63, 3.8) is 0 Å². The number of nitrogens with two attached hydrogens (primary N) is 1. The molecule has 1 atom stereocenters. The van der Waals surface area contributed by atoms with Crippen LogP contribution in [0.15, 0.2) is 10.5 Å². The van der Waals surface area contributed by atoms with Gasteiger partial charge in [-0.2, -0.15) is 0 Å². The predicted octanol–water partition coefficient (Wildman–Crippen LogP) is 1.26. The molecule has 1 aromatic rings. The van der Waals surface area contributed by atoms with E-state index in [0.29, 0.717) is 17.7 Å². The first-order valence-corrected chi connectivity index (χ1v) is 4.47. The molecule has 4 nitrogen and oxygen atoms in total. The minimum Gasteiger partial charge on any atom is -0.465 e. The maximum Gasteiger partial charge on any atom is 0.341 e. The van der Waals surface area contributed by atoms with Crippen molar-refractivity contribution in [3.8, 4) is 0 Å². The zero-order chi connectivity index (χ0) is 10.7. The molecule has 0 saturated heterocycles. The van der Waals surface area contributed by atoms with Crippen LogP contribution in [0.5, 0.6) is 0 Å². The Hall–Kier alpha value is -1.29. The van der Waals surface area contributed by atoms with E-state index in [4.69, 9.17) is 10.2 Å². The van der Waals surface area contributed by atoms with E-state index in [1.165, 1.54) is 7.11 Å². The summed E-state index contributed by atoms with van der Waals surface area (Å²) >= 11 is 0. The van der Waals surface area contributed by atoms with Gasteiger partial charge in [0.2, 0.25) is 0 Å².